The monoisotopic (exact) mass is 466 g/mol. The fraction of sp³-hybridized carbons (Fsp3) is 0.444. The van der Waals surface area contributed by atoms with E-state index in [2.05, 4.69) is 10.1 Å². The number of unbranched alkanes of at least 4 members (excludes halogenated alkanes) is 2. The van der Waals surface area contributed by atoms with Gasteiger partial charge in [-0.1, -0.05) is 42.5 Å². The molecule has 0 aromatic heterocycles. The fourth-order valence-corrected chi connectivity index (χ4v) is 4.01. The average molecular weight is 467 g/mol. The summed E-state index contributed by atoms with van der Waals surface area (Å²) in [5.74, 6) is 0.538. The van der Waals surface area contributed by atoms with Crippen molar-refractivity contribution < 1.29 is 23.9 Å². The van der Waals surface area contributed by atoms with Crippen molar-refractivity contribution in [2.75, 3.05) is 33.4 Å². The van der Waals surface area contributed by atoms with Gasteiger partial charge in [-0.15, -0.1) is 0 Å². The van der Waals surface area contributed by atoms with Crippen LogP contribution in [-0.2, 0) is 19.1 Å². The highest BCUT2D eigenvalue weighted by Crippen LogP contribution is 2.25. The van der Waals surface area contributed by atoms with Crippen LogP contribution >= 0.6 is 0 Å². The second-order valence-corrected chi connectivity index (χ2v) is 8.41. The minimum absolute atomic E-state index is 0.154. The number of ether oxygens (including phenoxy) is 2. The van der Waals surface area contributed by atoms with Crippen molar-refractivity contribution >= 4 is 28.6 Å². The van der Waals surface area contributed by atoms with Crippen molar-refractivity contribution in [2.45, 2.75) is 44.9 Å². The number of methoxy groups -OCH3 is 1. The maximum atomic E-state index is 12.9. The second kappa shape index (κ2) is 13.4. The van der Waals surface area contributed by atoms with E-state index in [0.29, 0.717) is 50.8 Å². The molecule has 34 heavy (non-hydrogen) atoms. The molecule has 2 aromatic rings. The number of carbonyl (C=O) groups is 3. The molecule has 0 unspecified atom stereocenters. The zero-order valence-electron chi connectivity index (χ0n) is 19.9. The van der Waals surface area contributed by atoms with Gasteiger partial charge < -0.3 is 19.7 Å². The molecule has 0 aliphatic carbocycles. The highest BCUT2D eigenvalue weighted by atomic mass is 16.5. The van der Waals surface area contributed by atoms with Gasteiger partial charge in [0.25, 0.3) is 0 Å². The highest BCUT2D eigenvalue weighted by molar-refractivity contribution is 5.94. The van der Waals surface area contributed by atoms with Crippen molar-refractivity contribution in [1.29, 1.82) is 0 Å². The van der Waals surface area contributed by atoms with Crippen molar-refractivity contribution in [3.8, 4) is 5.75 Å². The molecule has 3 rings (SSSR count). The first-order chi connectivity index (χ1) is 16.6. The third kappa shape index (κ3) is 7.61. The van der Waals surface area contributed by atoms with Gasteiger partial charge in [0.2, 0.25) is 11.8 Å². The number of fused-ring (bicyclic) bond motifs is 1. The fourth-order valence-electron chi connectivity index (χ4n) is 4.01. The molecule has 7 heteroatoms. The van der Waals surface area contributed by atoms with Crippen LogP contribution in [0.3, 0.4) is 0 Å². The molecule has 1 aliphatic rings. The number of amides is 2. The lowest BCUT2D eigenvalue weighted by Gasteiger charge is -2.16. The number of hydrogen-bond acceptors (Lipinski definition) is 5. The smallest absolute Gasteiger partial charge is 0.305 e. The summed E-state index contributed by atoms with van der Waals surface area (Å²) in [6.45, 7) is 2.12. The molecule has 1 saturated heterocycles. The molecule has 2 aromatic carbocycles. The van der Waals surface area contributed by atoms with Gasteiger partial charge >= 0.3 is 5.97 Å². The van der Waals surface area contributed by atoms with E-state index in [4.69, 9.17) is 4.74 Å². The molecular weight excluding hydrogens is 432 g/mol. The van der Waals surface area contributed by atoms with Crippen LogP contribution in [0.15, 0.2) is 54.1 Å². The van der Waals surface area contributed by atoms with Crippen LogP contribution < -0.4 is 10.1 Å². The molecule has 1 fully saturated rings. The largest absolute Gasteiger partial charge is 0.488 e. The van der Waals surface area contributed by atoms with Gasteiger partial charge in [0.1, 0.15) is 12.4 Å². The van der Waals surface area contributed by atoms with Crippen LogP contribution in [0.1, 0.15) is 44.9 Å². The molecule has 0 radical (unpaired) electrons. The van der Waals surface area contributed by atoms with E-state index in [0.717, 1.165) is 35.9 Å². The lowest BCUT2D eigenvalue weighted by atomic mass is 10.1. The van der Waals surface area contributed by atoms with Crippen molar-refractivity contribution in [2.24, 2.45) is 0 Å². The summed E-state index contributed by atoms with van der Waals surface area (Å²) < 4.78 is 10.7. The Morgan fingerprint density at radius 3 is 2.71 bits per heavy atom. The van der Waals surface area contributed by atoms with Crippen LogP contribution in [0.5, 0.6) is 5.75 Å². The first-order valence-electron chi connectivity index (χ1n) is 12.0. The van der Waals surface area contributed by atoms with Crippen molar-refractivity contribution in [3.63, 3.8) is 0 Å². The molecule has 0 spiro atoms. The Kier molecular flexibility index (Phi) is 9.95. The van der Waals surface area contributed by atoms with E-state index in [1.54, 1.807) is 0 Å². The van der Waals surface area contributed by atoms with Gasteiger partial charge in [0.05, 0.1) is 12.7 Å². The van der Waals surface area contributed by atoms with E-state index in [-0.39, 0.29) is 24.4 Å². The number of nitrogens with one attached hydrogen (secondary N) is 1. The molecule has 7 nitrogen and oxygen atoms in total. The summed E-state index contributed by atoms with van der Waals surface area (Å²) in [7, 11) is 1.38. The molecule has 2 amide bonds. The van der Waals surface area contributed by atoms with Gasteiger partial charge in [-0.3, -0.25) is 14.4 Å². The second-order valence-electron chi connectivity index (χ2n) is 8.41. The molecule has 1 heterocycles. The van der Waals surface area contributed by atoms with Crippen LogP contribution in [0.25, 0.3) is 10.8 Å². The van der Waals surface area contributed by atoms with Crippen LogP contribution in [-0.4, -0.2) is 56.0 Å². The van der Waals surface area contributed by atoms with Gasteiger partial charge in [-0.25, -0.2) is 0 Å². The Balaban J connectivity index is 1.56. The Morgan fingerprint density at radius 1 is 1.09 bits per heavy atom. The van der Waals surface area contributed by atoms with Gasteiger partial charge in [-0.05, 0) is 43.6 Å². The minimum atomic E-state index is -0.224. The predicted molar refractivity (Wildman–Crippen MR) is 131 cm³/mol. The predicted octanol–water partition coefficient (Wildman–Crippen LogP) is 4.01. The highest BCUT2D eigenvalue weighted by Gasteiger charge is 2.19. The first-order valence-corrected chi connectivity index (χ1v) is 12.0. The molecule has 182 valence electrons. The zero-order chi connectivity index (χ0) is 24.2. The standard InChI is InChI=1S/C27H34N2O5/c1-33-26(31)16-4-2-3-11-22(27(32)28-17-9-19-29-18-8-15-25(29)30)20-34-24-14-7-12-21-10-5-6-13-23(21)24/h5-7,10-14H,2-4,8-9,15-20H2,1H3,(H,28,32)/b22-11+. The number of carbonyl (C=O) groups excluding carboxylic acids is 3. The van der Waals surface area contributed by atoms with Crippen LogP contribution in [0, 0.1) is 0 Å². The number of likely N-dealkylation sites (tertiary alicyclic amines) is 1. The Bertz CT molecular complexity index is 1010. The van der Waals surface area contributed by atoms with Crippen LogP contribution in [0.2, 0.25) is 0 Å². The summed E-state index contributed by atoms with van der Waals surface area (Å²) >= 11 is 0. The minimum Gasteiger partial charge on any atom is -0.488 e. The van der Waals surface area contributed by atoms with Crippen molar-refractivity contribution in [3.05, 3.63) is 54.1 Å². The summed E-state index contributed by atoms with van der Waals surface area (Å²) in [5.41, 5.74) is 0.559. The molecule has 1 N–H and O–H groups in total. The molecule has 0 saturated carbocycles. The van der Waals surface area contributed by atoms with E-state index in [9.17, 15) is 14.4 Å². The molecule has 0 atom stereocenters. The number of benzene rings is 2. The number of esters is 1. The summed E-state index contributed by atoms with van der Waals surface area (Å²) in [6.07, 6.45) is 6.66. The Hall–Kier alpha value is -3.35. The number of hydrogen-bond donors (Lipinski definition) is 1. The summed E-state index contributed by atoms with van der Waals surface area (Å²) in [4.78, 5) is 37.8. The summed E-state index contributed by atoms with van der Waals surface area (Å²) in [5, 5.41) is 5.04. The van der Waals surface area contributed by atoms with Gasteiger partial charge in [-0.2, -0.15) is 0 Å². The van der Waals surface area contributed by atoms with E-state index in [1.807, 2.05) is 53.4 Å². The lowest BCUT2D eigenvalue weighted by Crippen LogP contribution is -2.32. The number of nitrogens with zero attached hydrogens (tertiary/aromatic N) is 1. The topological polar surface area (TPSA) is 84.9 Å². The van der Waals surface area contributed by atoms with E-state index in [1.165, 1.54) is 7.11 Å². The Morgan fingerprint density at radius 2 is 1.91 bits per heavy atom. The maximum absolute atomic E-state index is 12.9. The quantitative estimate of drug-likeness (QED) is 0.274. The third-order valence-corrected chi connectivity index (χ3v) is 5.94. The average Bonchev–Trinajstić information content (AvgIpc) is 3.27. The van der Waals surface area contributed by atoms with Crippen molar-refractivity contribution in [1.82, 2.24) is 10.2 Å². The number of rotatable bonds is 13. The normalized spacial score (nSPS) is 13.9. The molecule has 0 bridgehead atoms. The first kappa shape index (κ1) is 25.3. The number of allylic oxidation sites excluding steroid dienone is 1. The SMILES string of the molecule is COC(=O)CCCC/C=C(\COc1cccc2ccccc12)C(=O)NCCCN1CCCC1=O. The summed E-state index contributed by atoms with van der Waals surface area (Å²) in [6, 6.07) is 13.8. The third-order valence-electron chi connectivity index (χ3n) is 5.94. The zero-order valence-corrected chi connectivity index (χ0v) is 19.9. The van der Waals surface area contributed by atoms with Gasteiger partial charge in [0, 0.05) is 37.9 Å². The maximum Gasteiger partial charge on any atom is 0.305 e. The van der Waals surface area contributed by atoms with Crippen LogP contribution in [0.4, 0.5) is 0 Å². The Labute approximate surface area is 201 Å². The van der Waals surface area contributed by atoms with E-state index < -0.39 is 0 Å². The lowest BCUT2D eigenvalue weighted by molar-refractivity contribution is -0.140. The van der Waals surface area contributed by atoms with Gasteiger partial charge in [0.15, 0.2) is 0 Å². The molecular formula is C27H34N2O5. The van der Waals surface area contributed by atoms with E-state index >= 15 is 0 Å². The molecule has 1 aliphatic heterocycles.